The molecule has 0 aliphatic heterocycles. The highest BCUT2D eigenvalue weighted by atomic mass is 32.2. The van der Waals surface area contributed by atoms with Crippen molar-refractivity contribution in [1.29, 1.82) is 0 Å². The number of aromatic nitrogens is 1. The van der Waals surface area contributed by atoms with Gasteiger partial charge in [0.2, 0.25) is 5.89 Å². The Morgan fingerprint density at radius 1 is 1.32 bits per heavy atom. The molecule has 0 spiro atoms. The van der Waals surface area contributed by atoms with Gasteiger partial charge in [0.1, 0.15) is 5.52 Å². The predicted octanol–water partition coefficient (Wildman–Crippen LogP) is 4.60. The first kappa shape index (κ1) is 17.3. The Morgan fingerprint density at radius 2 is 2.08 bits per heavy atom. The van der Waals surface area contributed by atoms with E-state index in [2.05, 4.69) is 17.0 Å². The SMILES string of the molecule is C=C(c1ccc2nc(-c3ccccc3)oc2c1)C(CC)SC(=O)NN. The first-order chi connectivity index (χ1) is 12.1. The molecular formula is C19H19N3O2S. The molecule has 0 radical (unpaired) electrons. The van der Waals surface area contributed by atoms with Crippen LogP contribution in [0.1, 0.15) is 18.9 Å². The number of carbonyl (C=O) groups excluding carboxylic acids is 1. The second-order valence-electron chi connectivity index (χ2n) is 5.54. The summed E-state index contributed by atoms with van der Waals surface area (Å²) < 4.78 is 5.90. The van der Waals surface area contributed by atoms with Crippen LogP contribution >= 0.6 is 11.8 Å². The van der Waals surface area contributed by atoms with Gasteiger partial charge < -0.3 is 4.42 Å². The maximum absolute atomic E-state index is 11.5. The number of amides is 1. The Balaban J connectivity index is 1.90. The zero-order valence-electron chi connectivity index (χ0n) is 13.9. The Bertz CT molecular complexity index is 905. The van der Waals surface area contributed by atoms with Crippen molar-refractivity contribution in [3.63, 3.8) is 0 Å². The van der Waals surface area contributed by atoms with E-state index in [-0.39, 0.29) is 10.5 Å². The van der Waals surface area contributed by atoms with Gasteiger partial charge in [-0.15, -0.1) is 0 Å². The molecule has 3 N–H and O–H groups in total. The number of nitrogens with zero attached hydrogens (tertiary/aromatic N) is 1. The van der Waals surface area contributed by atoms with Gasteiger partial charge in [-0.25, -0.2) is 10.8 Å². The maximum Gasteiger partial charge on any atom is 0.293 e. The van der Waals surface area contributed by atoms with Crippen molar-refractivity contribution in [2.75, 3.05) is 0 Å². The fourth-order valence-electron chi connectivity index (χ4n) is 2.58. The second kappa shape index (κ2) is 7.55. The van der Waals surface area contributed by atoms with Gasteiger partial charge in [-0.05, 0) is 41.8 Å². The Kier molecular flexibility index (Phi) is 5.21. The molecule has 1 amide bonds. The summed E-state index contributed by atoms with van der Waals surface area (Å²) in [7, 11) is 0. The smallest absolute Gasteiger partial charge is 0.293 e. The van der Waals surface area contributed by atoms with Gasteiger partial charge in [-0.3, -0.25) is 10.2 Å². The zero-order valence-corrected chi connectivity index (χ0v) is 14.7. The second-order valence-corrected chi connectivity index (χ2v) is 6.71. The summed E-state index contributed by atoms with van der Waals surface area (Å²) in [6.07, 6.45) is 0.765. The summed E-state index contributed by atoms with van der Waals surface area (Å²) in [5.74, 6) is 5.76. The third-order valence-corrected chi connectivity index (χ3v) is 5.14. The number of rotatable bonds is 5. The summed E-state index contributed by atoms with van der Waals surface area (Å²) in [5.41, 5.74) is 6.34. The Hall–Kier alpha value is -2.57. The molecule has 0 bridgehead atoms. The molecule has 128 valence electrons. The van der Waals surface area contributed by atoms with Gasteiger partial charge in [-0.1, -0.05) is 49.5 Å². The van der Waals surface area contributed by atoms with Crippen LogP contribution in [-0.4, -0.2) is 15.5 Å². The third-order valence-electron chi connectivity index (χ3n) is 3.91. The monoisotopic (exact) mass is 353 g/mol. The minimum Gasteiger partial charge on any atom is -0.436 e. The maximum atomic E-state index is 11.5. The number of hydrogen-bond donors (Lipinski definition) is 2. The molecule has 0 aliphatic carbocycles. The molecule has 1 heterocycles. The van der Waals surface area contributed by atoms with Crippen LogP contribution in [0.4, 0.5) is 4.79 Å². The minimum absolute atomic E-state index is 0.0579. The van der Waals surface area contributed by atoms with Gasteiger partial charge in [0.25, 0.3) is 5.24 Å². The van der Waals surface area contributed by atoms with Crippen LogP contribution in [0.2, 0.25) is 0 Å². The van der Waals surface area contributed by atoms with Gasteiger partial charge in [0.15, 0.2) is 5.58 Å². The number of nitrogens with one attached hydrogen (secondary N) is 1. The molecule has 0 fully saturated rings. The quantitative estimate of drug-likeness (QED) is 0.398. The van der Waals surface area contributed by atoms with Gasteiger partial charge in [0.05, 0.1) is 0 Å². The highest BCUT2D eigenvalue weighted by Gasteiger charge is 2.18. The number of fused-ring (bicyclic) bond motifs is 1. The summed E-state index contributed by atoms with van der Waals surface area (Å²) in [6, 6.07) is 15.5. The number of oxazole rings is 1. The van der Waals surface area contributed by atoms with E-state index in [1.54, 1.807) is 0 Å². The zero-order chi connectivity index (χ0) is 17.8. The molecule has 5 nitrogen and oxygen atoms in total. The largest absolute Gasteiger partial charge is 0.436 e. The van der Waals surface area contributed by atoms with Crippen molar-refractivity contribution in [2.45, 2.75) is 18.6 Å². The molecule has 0 aliphatic rings. The molecular weight excluding hydrogens is 334 g/mol. The topological polar surface area (TPSA) is 81.2 Å². The normalized spacial score (nSPS) is 12.1. The molecule has 0 saturated carbocycles. The lowest BCUT2D eigenvalue weighted by Gasteiger charge is -2.16. The van der Waals surface area contributed by atoms with E-state index in [1.165, 1.54) is 0 Å². The average Bonchev–Trinajstić information content (AvgIpc) is 3.09. The van der Waals surface area contributed by atoms with Crippen molar-refractivity contribution in [3.8, 4) is 11.5 Å². The number of nitrogens with two attached hydrogens (primary N) is 1. The molecule has 3 rings (SSSR count). The molecule has 6 heteroatoms. The Morgan fingerprint density at radius 3 is 2.76 bits per heavy atom. The van der Waals surface area contributed by atoms with Crippen molar-refractivity contribution in [1.82, 2.24) is 10.4 Å². The van der Waals surface area contributed by atoms with Crippen LogP contribution in [0.3, 0.4) is 0 Å². The van der Waals surface area contributed by atoms with Gasteiger partial charge in [0, 0.05) is 10.8 Å². The lowest BCUT2D eigenvalue weighted by molar-refractivity contribution is 0.261. The molecule has 25 heavy (non-hydrogen) atoms. The Labute approximate surface area is 150 Å². The fourth-order valence-corrected chi connectivity index (χ4v) is 3.35. The van der Waals surface area contributed by atoms with E-state index < -0.39 is 0 Å². The van der Waals surface area contributed by atoms with Crippen molar-refractivity contribution >= 4 is 33.7 Å². The van der Waals surface area contributed by atoms with Crippen LogP contribution in [0, 0.1) is 0 Å². The molecule has 1 aromatic heterocycles. The van der Waals surface area contributed by atoms with E-state index >= 15 is 0 Å². The number of hydrazine groups is 1. The molecule has 3 aromatic rings. The molecule has 1 unspecified atom stereocenters. The first-order valence-corrected chi connectivity index (χ1v) is 8.82. The van der Waals surface area contributed by atoms with E-state index in [1.807, 2.05) is 55.5 Å². The number of hydrogen-bond acceptors (Lipinski definition) is 5. The summed E-state index contributed by atoms with van der Waals surface area (Å²) in [4.78, 5) is 16.1. The van der Waals surface area contributed by atoms with Crippen molar-refractivity contribution < 1.29 is 9.21 Å². The van der Waals surface area contributed by atoms with E-state index in [4.69, 9.17) is 10.3 Å². The first-order valence-electron chi connectivity index (χ1n) is 7.94. The van der Waals surface area contributed by atoms with E-state index in [0.29, 0.717) is 11.5 Å². The fraction of sp³-hybridized carbons (Fsp3) is 0.158. The summed E-state index contributed by atoms with van der Waals surface area (Å²) >= 11 is 1.13. The van der Waals surface area contributed by atoms with Gasteiger partial charge in [-0.2, -0.15) is 0 Å². The van der Waals surface area contributed by atoms with Crippen molar-refractivity contribution in [2.24, 2.45) is 5.84 Å². The lowest BCUT2D eigenvalue weighted by Crippen LogP contribution is -2.27. The van der Waals surface area contributed by atoms with E-state index in [9.17, 15) is 4.79 Å². The van der Waals surface area contributed by atoms with E-state index in [0.717, 1.165) is 40.4 Å². The summed E-state index contributed by atoms with van der Waals surface area (Å²) in [6.45, 7) is 6.16. The molecule has 1 atom stereocenters. The van der Waals surface area contributed by atoms with Gasteiger partial charge >= 0.3 is 0 Å². The number of benzene rings is 2. The number of carbonyl (C=O) groups is 1. The van der Waals surface area contributed by atoms with Crippen LogP contribution in [0.15, 0.2) is 59.5 Å². The predicted molar refractivity (Wildman–Crippen MR) is 103 cm³/mol. The highest BCUT2D eigenvalue weighted by molar-refractivity contribution is 8.14. The average molecular weight is 353 g/mol. The molecule has 0 saturated heterocycles. The molecule has 2 aromatic carbocycles. The van der Waals surface area contributed by atoms with Crippen molar-refractivity contribution in [3.05, 3.63) is 60.7 Å². The standard InChI is InChI=1S/C19H19N3O2S/c1-3-17(25-19(23)22-20)12(2)14-9-10-15-16(11-14)24-18(21-15)13-7-5-4-6-8-13/h4-11,17H,2-3,20H2,1H3,(H,22,23). The van der Waals surface area contributed by atoms with Crippen LogP contribution in [-0.2, 0) is 0 Å². The third kappa shape index (κ3) is 3.75. The minimum atomic E-state index is -0.278. The van der Waals surface area contributed by atoms with Crippen LogP contribution in [0.5, 0.6) is 0 Å². The highest BCUT2D eigenvalue weighted by Crippen LogP contribution is 2.32. The van der Waals surface area contributed by atoms with Crippen LogP contribution < -0.4 is 11.3 Å². The van der Waals surface area contributed by atoms with Crippen LogP contribution in [0.25, 0.3) is 28.1 Å². The summed E-state index contributed by atoms with van der Waals surface area (Å²) in [5, 5.41) is -0.336. The lowest BCUT2D eigenvalue weighted by atomic mass is 10.0. The number of thioether (sulfide) groups is 1.